The third-order valence-electron chi connectivity index (χ3n) is 7.57. The second kappa shape index (κ2) is 9.21. The summed E-state index contributed by atoms with van der Waals surface area (Å²) in [6.45, 7) is 2.20. The van der Waals surface area contributed by atoms with E-state index in [4.69, 9.17) is 0 Å². The molecule has 1 heteroatoms. The first-order chi connectivity index (χ1) is 18.8. The molecule has 180 valence electrons. The quantitative estimate of drug-likeness (QED) is 0.240. The van der Waals surface area contributed by atoms with Crippen LogP contribution < -0.4 is 4.90 Å². The average molecular weight is 486 g/mol. The highest BCUT2D eigenvalue weighted by atomic mass is 15.1. The largest absolute Gasteiger partial charge is 0.309 e. The lowest BCUT2D eigenvalue weighted by molar-refractivity contribution is 1.27. The molecule has 0 atom stereocenters. The first-order valence-electron chi connectivity index (χ1n) is 13.1. The van der Waals surface area contributed by atoms with Crippen molar-refractivity contribution >= 4 is 49.4 Å². The van der Waals surface area contributed by atoms with E-state index in [0.717, 1.165) is 0 Å². The van der Waals surface area contributed by atoms with Crippen LogP contribution >= 0.6 is 0 Å². The normalized spacial score (nSPS) is 11.3. The van der Waals surface area contributed by atoms with E-state index in [1.807, 2.05) is 0 Å². The number of hydrogen-bond donors (Lipinski definition) is 0. The minimum atomic E-state index is 1.17. The zero-order valence-corrected chi connectivity index (χ0v) is 21.3. The summed E-state index contributed by atoms with van der Waals surface area (Å²) in [5.74, 6) is 0. The average Bonchev–Trinajstić information content (AvgIpc) is 2.98. The van der Waals surface area contributed by atoms with Gasteiger partial charge in [-0.1, -0.05) is 127 Å². The number of aryl methyl sites for hydroxylation is 1. The predicted octanol–water partition coefficient (Wildman–Crippen LogP) is 10.6. The molecule has 0 spiro atoms. The maximum atomic E-state index is 2.46. The molecule has 7 aromatic rings. The second-order valence-electron chi connectivity index (χ2n) is 9.83. The Balaban J connectivity index is 1.64. The van der Waals surface area contributed by atoms with Gasteiger partial charge in [-0.25, -0.2) is 0 Å². The van der Waals surface area contributed by atoms with E-state index in [2.05, 4.69) is 157 Å². The summed E-state index contributed by atoms with van der Waals surface area (Å²) in [6.07, 6.45) is 0. The Bertz CT molecular complexity index is 1940. The maximum Gasteiger partial charge on any atom is 0.0547 e. The minimum absolute atomic E-state index is 1.17. The van der Waals surface area contributed by atoms with Gasteiger partial charge in [0.1, 0.15) is 0 Å². The molecule has 0 unspecified atom stereocenters. The lowest BCUT2D eigenvalue weighted by Crippen LogP contribution is -2.13. The highest BCUT2D eigenvalue weighted by molar-refractivity contribution is 6.12. The van der Waals surface area contributed by atoms with Crippen LogP contribution in [-0.4, -0.2) is 0 Å². The standard InChI is InChI=1S/C37H27N/c1-26-12-2-9-22-34(26)38(35-23-11-17-28-14-4-7-19-31(28)35)36-25-24-29-15-5-8-20-32(29)37(36)33-21-10-16-27-13-3-6-18-30(27)33/h2-25H,1H3. The third kappa shape index (κ3) is 3.64. The molecule has 7 rings (SSSR count). The zero-order chi connectivity index (χ0) is 25.5. The molecule has 0 fully saturated rings. The lowest BCUT2D eigenvalue weighted by atomic mass is 9.91. The van der Waals surface area contributed by atoms with Crippen LogP contribution in [0.1, 0.15) is 5.56 Å². The Hall–Kier alpha value is -4.88. The first kappa shape index (κ1) is 22.3. The molecule has 0 heterocycles. The van der Waals surface area contributed by atoms with Crippen molar-refractivity contribution in [2.75, 3.05) is 4.90 Å². The van der Waals surface area contributed by atoms with Crippen LogP contribution in [0.4, 0.5) is 17.1 Å². The molecule has 38 heavy (non-hydrogen) atoms. The van der Waals surface area contributed by atoms with Crippen LogP contribution in [0.3, 0.4) is 0 Å². The van der Waals surface area contributed by atoms with Gasteiger partial charge in [0, 0.05) is 16.6 Å². The molecule has 0 aromatic heterocycles. The summed E-state index contributed by atoms with van der Waals surface area (Å²) < 4.78 is 0. The molecule has 0 aliphatic rings. The second-order valence-corrected chi connectivity index (χ2v) is 9.83. The van der Waals surface area contributed by atoms with Crippen molar-refractivity contribution < 1.29 is 0 Å². The van der Waals surface area contributed by atoms with Crippen LogP contribution in [0.5, 0.6) is 0 Å². The predicted molar refractivity (Wildman–Crippen MR) is 164 cm³/mol. The Labute approximate surface area is 223 Å². The van der Waals surface area contributed by atoms with Gasteiger partial charge in [0.25, 0.3) is 0 Å². The molecule has 0 saturated carbocycles. The SMILES string of the molecule is Cc1ccccc1N(c1ccc2ccccc2c1-c1cccc2ccccc12)c1cccc2ccccc12. The maximum absolute atomic E-state index is 2.46. The van der Waals surface area contributed by atoms with Gasteiger partial charge in [-0.3, -0.25) is 0 Å². The number of benzene rings is 7. The number of fused-ring (bicyclic) bond motifs is 3. The molecule has 0 bridgehead atoms. The van der Waals surface area contributed by atoms with E-state index in [0.29, 0.717) is 0 Å². The molecule has 0 aliphatic carbocycles. The first-order valence-corrected chi connectivity index (χ1v) is 13.1. The van der Waals surface area contributed by atoms with Crippen LogP contribution in [0.15, 0.2) is 146 Å². The molecule has 0 N–H and O–H groups in total. The number of nitrogens with zero attached hydrogens (tertiary/aromatic N) is 1. The Morgan fingerprint density at radius 3 is 1.66 bits per heavy atom. The summed E-state index contributed by atoms with van der Waals surface area (Å²) in [6, 6.07) is 52.6. The summed E-state index contributed by atoms with van der Waals surface area (Å²) >= 11 is 0. The van der Waals surface area contributed by atoms with Crippen LogP contribution in [-0.2, 0) is 0 Å². The number of anilines is 3. The van der Waals surface area contributed by atoms with E-state index in [1.54, 1.807) is 0 Å². The van der Waals surface area contributed by atoms with Crippen molar-refractivity contribution in [1.29, 1.82) is 0 Å². The highest BCUT2D eigenvalue weighted by Gasteiger charge is 2.22. The molecule has 0 aliphatic heterocycles. The molecule has 7 aromatic carbocycles. The van der Waals surface area contributed by atoms with Crippen molar-refractivity contribution in [2.24, 2.45) is 0 Å². The van der Waals surface area contributed by atoms with Gasteiger partial charge < -0.3 is 4.90 Å². The van der Waals surface area contributed by atoms with Crippen LogP contribution in [0.25, 0.3) is 43.4 Å². The summed E-state index contributed by atoms with van der Waals surface area (Å²) in [5, 5.41) is 7.46. The highest BCUT2D eigenvalue weighted by Crippen LogP contribution is 2.47. The van der Waals surface area contributed by atoms with Gasteiger partial charge in [-0.05, 0) is 63.2 Å². The van der Waals surface area contributed by atoms with E-state index in [-0.39, 0.29) is 0 Å². The van der Waals surface area contributed by atoms with Gasteiger partial charge in [-0.2, -0.15) is 0 Å². The topological polar surface area (TPSA) is 3.24 Å². The van der Waals surface area contributed by atoms with Gasteiger partial charge in [0.2, 0.25) is 0 Å². The van der Waals surface area contributed by atoms with Gasteiger partial charge in [-0.15, -0.1) is 0 Å². The molecular formula is C37H27N. The zero-order valence-electron chi connectivity index (χ0n) is 21.3. The number of hydrogen-bond acceptors (Lipinski definition) is 1. The molecule has 0 amide bonds. The molecular weight excluding hydrogens is 458 g/mol. The summed E-state index contributed by atoms with van der Waals surface area (Å²) in [7, 11) is 0. The summed E-state index contributed by atoms with van der Waals surface area (Å²) in [4.78, 5) is 2.46. The third-order valence-corrected chi connectivity index (χ3v) is 7.57. The fourth-order valence-corrected chi connectivity index (χ4v) is 5.78. The van der Waals surface area contributed by atoms with Crippen molar-refractivity contribution in [2.45, 2.75) is 6.92 Å². The van der Waals surface area contributed by atoms with Crippen LogP contribution in [0.2, 0.25) is 0 Å². The Kier molecular flexibility index (Phi) is 5.41. The number of para-hydroxylation sites is 1. The Morgan fingerprint density at radius 1 is 0.368 bits per heavy atom. The summed E-state index contributed by atoms with van der Waals surface area (Å²) in [5.41, 5.74) is 7.25. The van der Waals surface area contributed by atoms with E-state index >= 15 is 0 Å². The van der Waals surface area contributed by atoms with E-state index < -0.39 is 0 Å². The van der Waals surface area contributed by atoms with Gasteiger partial charge in [0.15, 0.2) is 0 Å². The minimum Gasteiger partial charge on any atom is -0.309 e. The van der Waals surface area contributed by atoms with Gasteiger partial charge >= 0.3 is 0 Å². The van der Waals surface area contributed by atoms with Crippen molar-refractivity contribution in [1.82, 2.24) is 0 Å². The van der Waals surface area contributed by atoms with Crippen molar-refractivity contribution in [3.63, 3.8) is 0 Å². The fraction of sp³-hybridized carbons (Fsp3) is 0.0270. The van der Waals surface area contributed by atoms with Crippen molar-refractivity contribution in [3.8, 4) is 11.1 Å². The van der Waals surface area contributed by atoms with E-state index in [9.17, 15) is 0 Å². The smallest absolute Gasteiger partial charge is 0.0547 e. The van der Waals surface area contributed by atoms with E-state index in [1.165, 1.54) is 66.1 Å². The Morgan fingerprint density at radius 2 is 0.895 bits per heavy atom. The molecule has 0 radical (unpaired) electrons. The number of rotatable bonds is 4. The van der Waals surface area contributed by atoms with Crippen molar-refractivity contribution in [3.05, 3.63) is 151 Å². The van der Waals surface area contributed by atoms with Gasteiger partial charge in [0.05, 0.1) is 11.4 Å². The fourth-order valence-electron chi connectivity index (χ4n) is 5.78. The molecule has 0 saturated heterocycles. The molecule has 1 nitrogen and oxygen atoms in total. The lowest BCUT2D eigenvalue weighted by Gasteiger charge is -2.31. The monoisotopic (exact) mass is 485 g/mol. The van der Waals surface area contributed by atoms with Crippen LogP contribution in [0, 0.1) is 6.92 Å².